The first-order valence-electron chi connectivity index (χ1n) is 7.86. The third-order valence-electron chi connectivity index (χ3n) is 3.88. The highest BCUT2D eigenvalue weighted by Gasteiger charge is 2.31. The molecule has 10 heteroatoms. The van der Waals surface area contributed by atoms with Gasteiger partial charge >= 0.3 is 6.18 Å². The summed E-state index contributed by atoms with van der Waals surface area (Å²) < 4.78 is 44.5. The Balaban J connectivity index is 1.90. The summed E-state index contributed by atoms with van der Waals surface area (Å²) in [6, 6.07) is 6.70. The van der Waals surface area contributed by atoms with Gasteiger partial charge in [-0.05, 0) is 30.7 Å². The number of pyridine rings is 1. The molecule has 0 spiro atoms. The number of ether oxygens (including phenoxy) is 1. The van der Waals surface area contributed by atoms with Crippen molar-refractivity contribution in [2.75, 3.05) is 0 Å². The topological polar surface area (TPSA) is 77.2 Å². The van der Waals surface area contributed by atoms with Crippen LogP contribution in [0.3, 0.4) is 0 Å². The van der Waals surface area contributed by atoms with Gasteiger partial charge < -0.3 is 9.84 Å². The van der Waals surface area contributed by atoms with E-state index in [1.807, 2.05) is 0 Å². The highest BCUT2D eigenvalue weighted by molar-refractivity contribution is 6.31. The lowest BCUT2D eigenvalue weighted by Gasteiger charge is -2.11. The smallest absolute Gasteiger partial charge is 0.417 e. The first kappa shape index (κ1) is 19.7. The second-order valence-corrected chi connectivity index (χ2v) is 6.28. The van der Waals surface area contributed by atoms with E-state index in [0.717, 1.165) is 10.7 Å². The Bertz CT molecular complexity index is 1100. The van der Waals surface area contributed by atoms with Gasteiger partial charge in [-0.15, -0.1) is 0 Å². The highest BCUT2D eigenvalue weighted by atomic mass is 35.5. The molecule has 0 aliphatic rings. The number of hydrogen-bond donors (Lipinski definition) is 1. The molecule has 1 N–H and O–H groups in total. The number of aromatic hydroxyl groups is 1. The van der Waals surface area contributed by atoms with Crippen LogP contribution in [0.4, 0.5) is 13.2 Å². The van der Waals surface area contributed by atoms with Gasteiger partial charge in [-0.2, -0.15) is 18.3 Å². The standard InChI is InChI=1S/C18H13ClF3N3O3/c1-9-15(26)14(17(27)25(2)24-9)10-3-5-12(6-4-10)28-16-13(19)7-11(8-23-16)18(20,21)22/h3-8,26H,1-2H3. The van der Waals surface area contributed by atoms with Gasteiger partial charge in [0.2, 0.25) is 5.88 Å². The Kier molecular flexibility index (Phi) is 5.03. The maximum atomic E-state index is 12.7. The van der Waals surface area contributed by atoms with E-state index in [-0.39, 0.29) is 33.7 Å². The van der Waals surface area contributed by atoms with E-state index in [2.05, 4.69) is 10.1 Å². The molecule has 0 unspecified atom stereocenters. The average Bonchev–Trinajstić information content (AvgIpc) is 2.62. The van der Waals surface area contributed by atoms with Crippen molar-refractivity contribution in [3.05, 3.63) is 63.2 Å². The predicted octanol–water partition coefficient (Wildman–Crippen LogP) is 4.32. The molecular weight excluding hydrogens is 399 g/mol. The van der Waals surface area contributed by atoms with E-state index in [4.69, 9.17) is 16.3 Å². The van der Waals surface area contributed by atoms with E-state index in [9.17, 15) is 23.1 Å². The minimum Gasteiger partial charge on any atom is -0.505 e. The van der Waals surface area contributed by atoms with Crippen LogP contribution in [0.15, 0.2) is 41.3 Å². The molecule has 0 fully saturated rings. The molecule has 0 atom stereocenters. The lowest BCUT2D eigenvalue weighted by molar-refractivity contribution is -0.137. The first-order valence-corrected chi connectivity index (χ1v) is 8.23. The molecule has 0 bridgehead atoms. The lowest BCUT2D eigenvalue weighted by atomic mass is 10.1. The van der Waals surface area contributed by atoms with Crippen LogP contribution >= 0.6 is 11.6 Å². The van der Waals surface area contributed by atoms with Crippen LogP contribution in [0, 0.1) is 6.92 Å². The molecule has 28 heavy (non-hydrogen) atoms. The predicted molar refractivity (Wildman–Crippen MR) is 95.6 cm³/mol. The molecule has 146 valence electrons. The summed E-state index contributed by atoms with van der Waals surface area (Å²) in [4.78, 5) is 15.9. The SMILES string of the molecule is Cc1nn(C)c(=O)c(-c2ccc(Oc3ncc(C(F)(F)F)cc3Cl)cc2)c1O. The molecule has 0 saturated heterocycles. The molecular formula is C18H13ClF3N3O3. The minimum atomic E-state index is -4.56. The fraction of sp³-hybridized carbons (Fsp3) is 0.167. The van der Waals surface area contributed by atoms with Crippen LogP contribution in [0.2, 0.25) is 5.02 Å². The number of nitrogens with zero attached hydrogens (tertiary/aromatic N) is 3. The Labute approximate surface area is 161 Å². The summed E-state index contributed by atoms with van der Waals surface area (Å²) in [6.07, 6.45) is -3.94. The summed E-state index contributed by atoms with van der Waals surface area (Å²) in [5.41, 5.74) is -0.684. The molecule has 0 radical (unpaired) electrons. The summed E-state index contributed by atoms with van der Waals surface area (Å²) in [6.45, 7) is 1.56. The van der Waals surface area contributed by atoms with Gasteiger partial charge in [0.15, 0.2) is 5.75 Å². The Morgan fingerprint density at radius 1 is 1.21 bits per heavy atom. The van der Waals surface area contributed by atoms with E-state index < -0.39 is 17.3 Å². The van der Waals surface area contributed by atoms with Crippen molar-refractivity contribution in [1.29, 1.82) is 0 Å². The molecule has 0 aliphatic carbocycles. The summed E-state index contributed by atoms with van der Waals surface area (Å²) in [7, 11) is 1.47. The zero-order valence-corrected chi connectivity index (χ0v) is 15.3. The molecule has 2 aromatic heterocycles. The fourth-order valence-corrected chi connectivity index (χ4v) is 2.68. The quantitative estimate of drug-likeness (QED) is 0.694. The molecule has 0 aliphatic heterocycles. The van der Waals surface area contributed by atoms with E-state index in [1.54, 1.807) is 6.92 Å². The van der Waals surface area contributed by atoms with E-state index >= 15 is 0 Å². The second kappa shape index (κ2) is 7.16. The monoisotopic (exact) mass is 411 g/mol. The lowest BCUT2D eigenvalue weighted by Crippen LogP contribution is -2.22. The van der Waals surface area contributed by atoms with Gasteiger partial charge in [0.05, 0.1) is 11.1 Å². The van der Waals surface area contributed by atoms with Gasteiger partial charge in [-0.3, -0.25) is 4.79 Å². The molecule has 0 amide bonds. The molecule has 0 saturated carbocycles. The van der Waals surface area contributed by atoms with Crippen LogP contribution in [0.5, 0.6) is 17.4 Å². The minimum absolute atomic E-state index is 0.0761. The van der Waals surface area contributed by atoms with Crippen molar-refractivity contribution >= 4 is 11.6 Å². The molecule has 3 rings (SSSR count). The van der Waals surface area contributed by atoms with Crippen LogP contribution in [0.1, 0.15) is 11.3 Å². The number of benzene rings is 1. The second-order valence-electron chi connectivity index (χ2n) is 5.87. The Morgan fingerprint density at radius 3 is 2.43 bits per heavy atom. The largest absolute Gasteiger partial charge is 0.505 e. The third kappa shape index (κ3) is 3.79. The molecule has 6 nitrogen and oxygen atoms in total. The van der Waals surface area contributed by atoms with Crippen molar-refractivity contribution in [2.24, 2.45) is 7.05 Å². The van der Waals surface area contributed by atoms with Gasteiger partial charge in [0.25, 0.3) is 5.56 Å². The number of alkyl halides is 3. The van der Waals surface area contributed by atoms with Crippen LogP contribution < -0.4 is 10.3 Å². The van der Waals surface area contributed by atoms with Crippen molar-refractivity contribution < 1.29 is 23.0 Å². The maximum absolute atomic E-state index is 12.7. The molecule has 2 heterocycles. The van der Waals surface area contributed by atoms with Crippen molar-refractivity contribution in [3.8, 4) is 28.5 Å². The van der Waals surface area contributed by atoms with Crippen molar-refractivity contribution in [2.45, 2.75) is 13.1 Å². The molecule has 1 aromatic carbocycles. The van der Waals surface area contributed by atoms with Crippen LogP contribution in [-0.4, -0.2) is 19.9 Å². The van der Waals surface area contributed by atoms with E-state index in [1.165, 1.54) is 31.3 Å². The van der Waals surface area contributed by atoms with Gasteiger partial charge in [-0.1, -0.05) is 23.7 Å². The molecule has 3 aromatic rings. The third-order valence-corrected chi connectivity index (χ3v) is 4.15. The fourth-order valence-electron chi connectivity index (χ4n) is 2.48. The normalized spacial score (nSPS) is 11.5. The maximum Gasteiger partial charge on any atom is 0.417 e. The van der Waals surface area contributed by atoms with Gasteiger partial charge in [0, 0.05) is 13.2 Å². The number of aryl methyl sites for hydroxylation is 2. The van der Waals surface area contributed by atoms with Crippen LogP contribution in [0.25, 0.3) is 11.1 Å². The Morgan fingerprint density at radius 2 is 1.86 bits per heavy atom. The highest BCUT2D eigenvalue weighted by Crippen LogP contribution is 2.35. The van der Waals surface area contributed by atoms with Gasteiger partial charge in [-0.25, -0.2) is 9.67 Å². The Hall–Kier alpha value is -3.07. The van der Waals surface area contributed by atoms with Gasteiger partial charge in [0.1, 0.15) is 16.5 Å². The number of halogens is 4. The summed E-state index contributed by atoms with van der Waals surface area (Å²) in [5.74, 6) is -0.190. The van der Waals surface area contributed by atoms with E-state index in [0.29, 0.717) is 11.8 Å². The van der Waals surface area contributed by atoms with Crippen LogP contribution in [-0.2, 0) is 13.2 Å². The first-order chi connectivity index (χ1) is 13.1. The zero-order valence-electron chi connectivity index (χ0n) is 14.6. The average molecular weight is 412 g/mol. The summed E-state index contributed by atoms with van der Waals surface area (Å²) >= 11 is 5.82. The van der Waals surface area contributed by atoms with Crippen molar-refractivity contribution in [1.82, 2.24) is 14.8 Å². The number of rotatable bonds is 3. The summed E-state index contributed by atoms with van der Waals surface area (Å²) in [5, 5.41) is 13.8. The number of aromatic nitrogens is 3. The van der Waals surface area contributed by atoms with Crippen molar-refractivity contribution in [3.63, 3.8) is 0 Å². The zero-order chi connectivity index (χ0) is 20.6. The number of hydrogen-bond acceptors (Lipinski definition) is 5.